The molecule has 22 heavy (non-hydrogen) atoms. The average Bonchev–Trinajstić information content (AvgIpc) is 2.90. The van der Waals surface area contributed by atoms with Crippen molar-refractivity contribution in [1.82, 2.24) is 9.38 Å². The monoisotopic (exact) mass is 309 g/mol. The molecule has 0 saturated carbocycles. The van der Waals surface area contributed by atoms with Gasteiger partial charge in [0.05, 0.1) is 23.0 Å². The fourth-order valence-corrected chi connectivity index (χ4v) is 2.84. The van der Waals surface area contributed by atoms with Gasteiger partial charge in [-0.05, 0) is 48.6 Å². The van der Waals surface area contributed by atoms with Crippen LogP contribution in [0.4, 0.5) is 0 Å². The Kier molecular flexibility index (Phi) is 3.89. The molecule has 0 aliphatic heterocycles. The molecule has 2 aromatic heterocycles. The van der Waals surface area contributed by atoms with Gasteiger partial charge in [-0.1, -0.05) is 30.3 Å². The average molecular weight is 310 g/mol. The summed E-state index contributed by atoms with van der Waals surface area (Å²) < 4.78 is 2.10. The van der Waals surface area contributed by atoms with Crippen LogP contribution in [0.1, 0.15) is 29.9 Å². The predicted molar refractivity (Wildman–Crippen MR) is 90.7 cm³/mol. The maximum atomic E-state index is 6.21. The number of nitrogens with zero attached hydrogens (tertiary/aromatic N) is 2. The van der Waals surface area contributed by atoms with Gasteiger partial charge < -0.3 is 5.73 Å². The molecule has 110 valence electrons. The first-order chi connectivity index (χ1) is 10.6. The summed E-state index contributed by atoms with van der Waals surface area (Å²) in [6.07, 6.45) is 1.82. The molecule has 3 nitrogen and oxygen atoms in total. The van der Waals surface area contributed by atoms with Gasteiger partial charge in [-0.2, -0.15) is 0 Å². The number of nitrogens with two attached hydrogens (primary N) is 1. The number of imidazole rings is 1. The minimum absolute atomic E-state index is 0.128. The van der Waals surface area contributed by atoms with Crippen molar-refractivity contribution in [3.05, 3.63) is 59.5 Å². The Bertz CT molecular complexity index is 883. The number of rotatable bonds is 2. The first kappa shape index (κ1) is 14.6. The number of fused-ring (bicyclic) bond motifs is 1. The molecule has 1 aromatic carbocycles. The van der Waals surface area contributed by atoms with Crippen LogP contribution in [0.3, 0.4) is 0 Å². The first-order valence-electron chi connectivity index (χ1n) is 7.07. The Balaban J connectivity index is 2.48. The standard InChI is InChI=1S/C18H16ClN3/c1-12(20)16-10-15(8-9-19)17-11-21-13(2)22(17)18(16)14-6-4-3-5-7-14/h3-7,10-12H,20H2,1-2H3. The van der Waals surface area contributed by atoms with Crippen molar-refractivity contribution in [2.75, 3.05) is 0 Å². The van der Waals surface area contributed by atoms with Gasteiger partial charge in [0.15, 0.2) is 0 Å². The van der Waals surface area contributed by atoms with Crippen molar-refractivity contribution in [1.29, 1.82) is 0 Å². The lowest BCUT2D eigenvalue weighted by Crippen LogP contribution is -2.11. The molecule has 0 bridgehead atoms. The van der Waals surface area contributed by atoms with Crippen LogP contribution in [0.5, 0.6) is 0 Å². The van der Waals surface area contributed by atoms with Crippen LogP contribution in [0.25, 0.3) is 16.8 Å². The van der Waals surface area contributed by atoms with Crippen LogP contribution < -0.4 is 5.73 Å². The zero-order chi connectivity index (χ0) is 15.7. The lowest BCUT2D eigenvalue weighted by molar-refractivity contribution is 0.809. The predicted octanol–water partition coefficient (Wildman–Crippen LogP) is 3.88. The highest BCUT2D eigenvalue weighted by molar-refractivity contribution is 6.30. The second-order valence-electron chi connectivity index (χ2n) is 5.26. The van der Waals surface area contributed by atoms with Crippen LogP contribution >= 0.6 is 11.6 Å². The van der Waals surface area contributed by atoms with E-state index in [9.17, 15) is 0 Å². The first-order valence-corrected chi connectivity index (χ1v) is 7.45. The second kappa shape index (κ2) is 5.84. The van der Waals surface area contributed by atoms with Crippen molar-refractivity contribution in [3.63, 3.8) is 0 Å². The molecule has 2 heterocycles. The Morgan fingerprint density at radius 3 is 2.64 bits per heavy atom. The van der Waals surface area contributed by atoms with Gasteiger partial charge in [0, 0.05) is 11.4 Å². The van der Waals surface area contributed by atoms with E-state index >= 15 is 0 Å². The van der Waals surface area contributed by atoms with E-state index in [-0.39, 0.29) is 6.04 Å². The smallest absolute Gasteiger partial charge is 0.110 e. The minimum Gasteiger partial charge on any atom is -0.324 e. The van der Waals surface area contributed by atoms with Crippen molar-refractivity contribution < 1.29 is 0 Å². The molecule has 0 saturated heterocycles. The Morgan fingerprint density at radius 2 is 2.00 bits per heavy atom. The number of halogens is 1. The van der Waals surface area contributed by atoms with Gasteiger partial charge in [-0.15, -0.1) is 0 Å². The lowest BCUT2D eigenvalue weighted by atomic mass is 9.98. The Hall–Kier alpha value is -2.28. The SMILES string of the molecule is Cc1ncc2c(C#CCl)cc(C(C)N)c(-c3ccccc3)n12. The zero-order valence-corrected chi connectivity index (χ0v) is 13.2. The highest BCUT2D eigenvalue weighted by atomic mass is 35.5. The summed E-state index contributed by atoms with van der Waals surface area (Å²) in [5, 5.41) is 2.45. The largest absolute Gasteiger partial charge is 0.324 e. The van der Waals surface area contributed by atoms with Crippen molar-refractivity contribution in [2.45, 2.75) is 19.9 Å². The molecule has 1 atom stereocenters. The summed E-state index contributed by atoms with van der Waals surface area (Å²) in [7, 11) is 0. The van der Waals surface area contributed by atoms with Gasteiger partial charge in [-0.3, -0.25) is 4.40 Å². The van der Waals surface area contributed by atoms with E-state index in [1.807, 2.05) is 44.3 Å². The van der Waals surface area contributed by atoms with Crippen molar-refractivity contribution in [2.24, 2.45) is 5.73 Å². The van der Waals surface area contributed by atoms with E-state index in [2.05, 4.69) is 32.8 Å². The number of aryl methyl sites for hydroxylation is 1. The van der Waals surface area contributed by atoms with Crippen LogP contribution in [0, 0.1) is 18.2 Å². The van der Waals surface area contributed by atoms with Crippen molar-refractivity contribution in [3.8, 4) is 22.6 Å². The van der Waals surface area contributed by atoms with Gasteiger partial charge in [0.1, 0.15) is 5.82 Å². The number of benzene rings is 1. The van der Waals surface area contributed by atoms with Crippen LogP contribution in [-0.2, 0) is 0 Å². The van der Waals surface area contributed by atoms with E-state index < -0.39 is 0 Å². The molecule has 2 N–H and O–H groups in total. The van der Waals surface area contributed by atoms with Gasteiger partial charge in [0.2, 0.25) is 0 Å². The summed E-state index contributed by atoms with van der Waals surface area (Å²) in [6, 6.07) is 12.1. The van der Waals surface area contributed by atoms with Crippen LogP contribution in [0.2, 0.25) is 0 Å². The minimum atomic E-state index is -0.128. The molecule has 0 aliphatic carbocycles. The molecule has 3 rings (SSSR count). The molecule has 0 spiro atoms. The third kappa shape index (κ3) is 2.37. The number of hydrogen-bond donors (Lipinski definition) is 1. The molecular weight excluding hydrogens is 294 g/mol. The Morgan fingerprint density at radius 1 is 1.27 bits per heavy atom. The van der Waals surface area contributed by atoms with E-state index in [1.54, 1.807) is 0 Å². The molecule has 4 heteroatoms. The fourth-order valence-electron chi connectivity index (χ4n) is 2.73. The number of hydrogen-bond acceptors (Lipinski definition) is 2. The molecule has 3 aromatic rings. The molecule has 1 unspecified atom stereocenters. The molecule has 0 fully saturated rings. The summed E-state index contributed by atoms with van der Waals surface area (Å²) in [5.41, 5.74) is 11.2. The van der Waals surface area contributed by atoms with Gasteiger partial charge in [0.25, 0.3) is 0 Å². The lowest BCUT2D eigenvalue weighted by Gasteiger charge is -2.17. The molecule has 0 amide bonds. The van der Waals surface area contributed by atoms with E-state index in [4.69, 9.17) is 17.3 Å². The van der Waals surface area contributed by atoms with E-state index in [1.165, 1.54) is 0 Å². The highest BCUT2D eigenvalue weighted by Gasteiger charge is 2.17. The number of aromatic nitrogens is 2. The number of pyridine rings is 1. The third-order valence-corrected chi connectivity index (χ3v) is 3.83. The fraction of sp³-hybridized carbons (Fsp3) is 0.167. The van der Waals surface area contributed by atoms with Gasteiger partial charge in [-0.25, -0.2) is 4.98 Å². The van der Waals surface area contributed by atoms with E-state index in [0.29, 0.717) is 0 Å². The van der Waals surface area contributed by atoms with Crippen LogP contribution in [0.15, 0.2) is 42.6 Å². The molecule has 0 radical (unpaired) electrons. The van der Waals surface area contributed by atoms with Crippen LogP contribution in [-0.4, -0.2) is 9.38 Å². The van der Waals surface area contributed by atoms with Gasteiger partial charge >= 0.3 is 0 Å². The highest BCUT2D eigenvalue weighted by Crippen LogP contribution is 2.31. The summed E-state index contributed by atoms with van der Waals surface area (Å²) >= 11 is 5.61. The summed E-state index contributed by atoms with van der Waals surface area (Å²) in [4.78, 5) is 4.44. The maximum absolute atomic E-state index is 6.21. The summed E-state index contributed by atoms with van der Waals surface area (Å²) in [5.74, 6) is 3.83. The maximum Gasteiger partial charge on any atom is 0.110 e. The zero-order valence-electron chi connectivity index (χ0n) is 12.5. The second-order valence-corrected chi connectivity index (χ2v) is 5.45. The quantitative estimate of drug-likeness (QED) is 0.730. The Labute approximate surface area is 134 Å². The molecule has 0 aliphatic rings. The van der Waals surface area contributed by atoms with E-state index in [0.717, 1.165) is 33.7 Å². The molecular formula is C18H16ClN3. The third-order valence-electron chi connectivity index (χ3n) is 3.73. The summed E-state index contributed by atoms with van der Waals surface area (Å²) in [6.45, 7) is 3.94. The normalized spacial score (nSPS) is 12.0. The topological polar surface area (TPSA) is 43.3 Å². The van der Waals surface area contributed by atoms with Crippen molar-refractivity contribution >= 4 is 17.1 Å².